The fraction of sp³-hybridized carbons (Fsp3) is 0.554. The number of nitrogens with zero attached hydrogens (tertiary/aromatic N) is 7. The normalized spacial score (nSPS) is 22.5. The van der Waals surface area contributed by atoms with E-state index in [1.165, 1.54) is 18.1 Å². The molecule has 86 heavy (non-hydrogen) atoms. The predicted molar refractivity (Wildman–Crippen MR) is 325 cm³/mol. The zero-order chi connectivity index (χ0) is 60.2. The van der Waals surface area contributed by atoms with Crippen LogP contribution in [0.2, 0.25) is 0 Å². The van der Waals surface area contributed by atoms with Gasteiger partial charge in [0, 0.05) is 69.0 Å². The number of benzene rings is 3. The van der Waals surface area contributed by atoms with Crippen LogP contribution in [0.5, 0.6) is 11.8 Å². The lowest BCUT2D eigenvalue weighted by Crippen LogP contribution is -2.58. The molecule has 3 aromatic carbocycles. The lowest BCUT2D eigenvalue weighted by Gasteiger charge is -2.52. The third-order valence-corrected chi connectivity index (χ3v) is 20.0. The molecule has 3 amide bonds. The van der Waals surface area contributed by atoms with Gasteiger partial charge in [-0.1, -0.05) is 58.0 Å². The molecule has 2 unspecified atom stereocenters. The van der Waals surface area contributed by atoms with Gasteiger partial charge in [-0.05, 0) is 141 Å². The van der Waals surface area contributed by atoms with Gasteiger partial charge < -0.3 is 54.7 Å². The van der Waals surface area contributed by atoms with Crippen LogP contribution in [0, 0.1) is 34.8 Å². The summed E-state index contributed by atoms with van der Waals surface area (Å²) >= 11 is 1.58. The van der Waals surface area contributed by atoms with Crippen molar-refractivity contribution in [3.05, 3.63) is 88.7 Å². The predicted octanol–water partition coefficient (Wildman–Crippen LogP) is 8.83. The van der Waals surface area contributed by atoms with Gasteiger partial charge in [0.15, 0.2) is 12.6 Å². The Morgan fingerprint density at radius 2 is 1.69 bits per heavy atom. The largest absolute Gasteiger partial charge is 0.468 e. The number of methoxy groups -OCH3 is 1. The van der Waals surface area contributed by atoms with Crippen molar-refractivity contribution in [3.8, 4) is 33.5 Å². The maximum Gasteiger partial charge on any atom is 0.319 e. The maximum atomic E-state index is 17.5. The Bertz CT molecular complexity index is 3500. The van der Waals surface area contributed by atoms with Crippen LogP contribution >= 0.6 is 11.3 Å². The van der Waals surface area contributed by atoms with Gasteiger partial charge in [0.2, 0.25) is 17.7 Å². The van der Waals surface area contributed by atoms with Crippen LogP contribution in [-0.4, -0.2) is 155 Å². The molecule has 6 aromatic rings. The molecule has 4 N–H and O–H groups in total. The van der Waals surface area contributed by atoms with Crippen molar-refractivity contribution >= 4 is 56.6 Å². The number of piperidine rings is 1. The SMILES string of the molecule is CCc1c(F)ccc2cc(OCOC)cc(-c3ncc4c(N5CC6CCC(C5)N6)nc(OCC5(CN6CCC7(CC6)CC(OCC(=O)N[C@H](C(=O)N6C[C@H](O)C[C@H]6C(=O)N[C@@H](C)c6ccc(-c8scnc8C)cc6)C(C)(C)C)C7)CC5)nc4c3F)c12. The van der Waals surface area contributed by atoms with E-state index < -0.39 is 41.2 Å². The van der Waals surface area contributed by atoms with Crippen molar-refractivity contribution < 1.29 is 47.2 Å². The van der Waals surface area contributed by atoms with E-state index in [2.05, 4.69) is 30.7 Å². The second-order valence-corrected chi connectivity index (χ2v) is 27.2. The van der Waals surface area contributed by atoms with Crippen molar-refractivity contribution in [2.24, 2.45) is 16.2 Å². The first-order chi connectivity index (χ1) is 41.3. The van der Waals surface area contributed by atoms with Crippen LogP contribution in [-0.2, 0) is 30.3 Å². The molecular weight excluding hydrogens is 1120 g/mol. The number of hydrogen-bond acceptors (Lipinski definition) is 16. The number of fused-ring (bicyclic) bond motifs is 4. The number of piperazine rings is 1. The molecule has 4 saturated heterocycles. The van der Waals surface area contributed by atoms with Gasteiger partial charge in [-0.3, -0.25) is 19.4 Å². The Hall–Kier alpha value is -6.49. The van der Waals surface area contributed by atoms with Gasteiger partial charge in [-0.15, -0.1) is 11.3 Å². The molecule has 6 fully saturated rings. The Morgan fingerprint density at radius 3 is 2.36 bits per heavy atom. The summed E-state index contributed by atoms with van der Waals surface area (Å²) in [6, 6.07) is 13.0. The third-order valence-electron chi connectivity index (χ3n) is 19.0. The van der Waals surface area contributed by atoms with Gasteiger partial charge >= 0.3 is 6.01 Å². The third kappa shape index (κ3) is 12.4. The molecule has 3 aromatic heterocycles. The number of aromatic nitrogens is 4. The summed E-state index contributed by atoms with van der Waals surface area (Å²) in [5.41, 5.74) is 5.04. The van der Waals surface area contributed by atoms with E-state index >= 15 is 8.78 Å². The number of β-amino-alcohol motifs (C(OH)–C–C–N with tert-alkyl or cyclic N) is 1. The monoisotopic (exact) mass is 1200 g/mol. The molecule has 1 spiro atoms. The zero-order valence-electron chi connectivity index (χ0n) is 50.3. The summed E-state index contributed by atoms with van der Waals surface area (Å²) in [4.78, 5) is 68.0. The van der Waals surface area contributed by atoms with Crippen LogP contribution in [0.15, 0.2) is 60.2 Å². The Morgan fingerprint density at radius 1 is 0.942 bits per heavy atom. The summed E-state index contributed by atoms with van der Waals surface area (Å²) in [5.74, 6) is -1.19. The first-order valence-electron chi connectivity index (χ1n) is 30.6. The number of thiazole rings is 1. The van der Waals surface area contributed by atoms with Gasteiger partial charge in [-0.2, -0.15) is 9.97 Å². The minimum absolute atomic E-state index is 0.0153. The van der Waals surface area contributed by atoms with Gasteiger partial charge in [0.25, 0.3) is 0 Å². The number of hydrogen-bond donors (Lipinski definition) is 4. The van der Waals surface area contributed by atoms with E-state index in [1.54, 1.807) is 35.7 Å². The molecule has 4 aliphatic heterocycles. The Balaban J connectivity index is 0.652. The summed E-state index contributed by atoms with van der Waals surface area (Å²) in [7, 11) is 1.52. The second-order valence-electron chi connectivity index (χ2n) is 26.3. The number of aryl methyl sites for hydroxylation is 2. The number of carbonyl (C=O) groups excluding carboxylic acids is 3. The molecule has 2 aliphatic carbocycles. The number of amides is 3. The van der Waals surface area contributed by atoms with Crippen molar-refractivity contribution in [1.82, 2.24) is 45.7 Å². The number of ether oxygens (including phenoxy) is 4. The number of aliphatic hydroxyl groups is 1. The highest BCUT2D eigenvalue weighted by Crippen LogP contribution is 2.53. The highest BCUT2D eigenvalue weighted by atomic mass is 32.1. The van der Waals surface area contributed by atoms with E-state index in [9.17, 15) is 19.5 Å². The number of rotatable bonds is 20. The fourth-order valence-electron chi connectivity index (χ4n) is 14.0. The summed E-state index contributed by atoms with van der Waals surface area (Å²) in [6.45, 7) is 15.6. The topological polar surface area (TPSA) is 206 Å². The Kier molecular flexibility index (Phi) is 16.9. The molecule has 18 nitrogen and oxygen atoms in total. The lowest BCUT2D eigenvalue weighted by molar-refractivity contribution is -0.148. The molecule has 12 rings (SSSR count). The van der Waals surface area contributed by atoms with E-state index in [1.807, 2.05) is 71.3 Å². The van der Waals surface area contributed by atoms with E-state index in [0.717, 1.165) is 92.7 Å². The molecule has 2 saturated carbocycles. The van der Waals surface area contributed by atoms with Gasteiger partial charge in [-0.25, -0.2) is 13.8 Å². The van der Waals surface area contributed by atoms with Crippen molar-refractivity contribution in [3.63, 3.8) is 0 Å². The summed E-state index contributed by atoms with van der Waals surface area (Å²) < 4.78 is 56.8. The van der Waals surface area contributed by atoms with Crippen LogP contribution in [0.1, 0.15) is 115 Å². The van der Waals surface area contributed by atoms with E-state index in [-0.39, 0.29) is 78.3 Å². The summed E-state index contributed by atoms with van der Waals surface area (Å²) in [6.07, 6.45) is 8.96. The zero-order valence-corrected chi connectivity index (χ0v) is 51.2. The van der Waals surface area contributed by atoms with Crippen molar-refractivity contribution in [1.29, 1.82) is 0 Å². The second kappa shape index (κ2) is 24.2. The average Bonchev–Trinajstić information content (AvgIpc) is 1.23. The number of aliphatic hydroxyl groups excluding tert-OH is 1. The summed E-state index contributed by atoms with van der Waals surface area (Å²) in [5, 5.41) is 22.2. The number of halogens is 2. The molecule has 6 aliphatic rings. The standard InChI is InChI=1S/C65H80F2N10O8S/c1-8-47-50(66)16-13-41-23-45(85-36-82-7)25-48(53(41)47)55-54(67)56-49(28-68-55)59(76-29-42-14-15-43(30-76)71-42)74-62(73-56)84-34-65(17-18-65)33-75-21-19-64(20-22-75)26-46(27-64)83-32-52(79)72-58(63(4,5)6)61(81)77-31-44(78)24-51(77)60(80)70-37(2)39-9-11-40(12-10-39)57-38(3)69-35-86-57/h9-13,16,23,25,28,35,37,42-44,46,51,58,71,78H,8,14-15,17-22,24,26-27,29-34,36H2,1-7H3,(H,70,80)(H,72,79)/t37-,42?,43?,44+,51-,58+/m0/s1. The molecule has 6 atom stereocenters. The van der Waals surface area contributed by atoms with Gasteiger partial charge in [0.05, 0.1) is 46.3 Å². The number of nitrogens with one attached hydrogen (secondary N) is 3. The molecule has 7 heterocycles. The molecule has 458 valence electrons. The minimum Gasteiger partial charge on any atom is -0.468 e. The smallest absolute Gasteiger partial charge is 0.319 e. The van der Waals surface area contributed by atoms with E-state index in [0.29, 0.717) is 77.1 Å². The molecule has 2 bridgehead atoms. The van der Waals surface area contributed by atoms with Crippen LogP contribution < -0.4 is 30.3 Å². The minimum atomic E-state index is -0.961. The van der Waals surface area contributed by atoms with Crippen LogP contribution in [0.4, 0.5) is 14.6 Å². The number of pyridine rings is 1. The van der Waals surface area contributed by atoms with Crippen molar-refractivity contribution in [2.75, 3.05) is 71.3 Å². The first kappa shape index (κ1) is 59.8. The highest BCUT2D eigenvalue weighted by Gasteiger charge is 2.51. The molecular formula is C65H80F2N10O8S. The fourth-order valence-corrected chi connectivity index (χ4v) is 14.8. The van der Waals surface area contributed by atoms with E-state index in [4.69, 9.17) is 33.9 Å². The molecule has 21 heteroatoms. The van der Waals surface area contributed by atoms with Crippen molar-refractivity contribution in [2.45, 2.75) is 148 Å². The van der Waals surface area contributed by atoms with Gasteiger partial charge in [0.1, 0.15) is 47.3 Å². The highest BCUT2D eigenvalue weighted by molar-refractivity contribution is 7.13. The molecule has 0 radical (unpaired) electrons. The number of carbonyl (C=O) groups is 3. The number of anilines is 1. The Labute approximate surface area is 505 Å². The quantitative estimate of drug-likeness (QED) is 0.0527. The number of likely N-dealkylation sites (tertiary alicyclic amines) is 2. The average molecular weight is 1200 g/mol. The van der Waals surface area contributed by atoms with Crippen LogP contribution in [0.3, 0.4) is 0 Å². The maximum absolute atomic E-state index is 17.5. The lowest BCUT2D eigenvalue weighted by atomic mass is 9.61. The van der Waals surface area contributed by atoms with Crippen LogP contribution in [0.25, 0.3) is 43.4 Å². The first-order valence-corrected chi connectivity index (χ1v) is 31.5.